The van der Waals surface area contributed by atoms with E-state index in [0.29, 0.717) is 17.7 Å². The van der Waals surface area contributed by atoms with Crippen LogP contribution in [0.5, 0.6) is 5.75 Å². The third-order valence-electron chi connectivity index (χ3n) is 2.64. The Hall–Kier alpha value is -1.84. The van der Waals surface area contributed by atoms with Gasteiger partial charge >= 0.3 is 5.97 Å². The fraction of sp³-hybridized carbons (Fsp3) is 0.333. The fourth-order valence-corrected chi connectivity index (χ4v) is 1.80. The lowest BCUT2D eigenvalue weighted by Gasteiger charge is -2.23. The van der Waals surface area contributed by atoms with Gasteiger partial charge in [0.05, 0.1) is 7.11 Å². The summed E-state index contributed by atoms with van der Waals surface area (Å²) < 4.78 is 10.1. The molecule has 4 heteroatoms. The van der Waals surface area contributed by atoms with Crippen LogP contribution >= 0.6 is 0 Å². The van der Waals surface area contributed by atoms with Crippen molar-refractivity contribution in [3.05, 3.63) is 29.3 Å². The lowest BCUT2D eigenvalue weighted by Crippen LogP contribution is -2.33. The minimum absolute atomic E-state index is 0.137. The van der Waals surface area contributed by atoms with E-state index in [1.807, 2.05) is 6.07 Å². The molecule has 1 aromatic carbocycles. The number of carbonyl (C=O) groups is 2. The van der Waals surface area contributed by atoms with E-state index in [4.69, 9.17) is 9.47 Å². The van der Waals surface area contributed by atoms with Crippen molar-refractivity contribution in [1.82, 2.24) is 0 Å². The summed E-state index contributed by atoms with van der Waals surface area (Å²) >= 11 is 0. The first-order valence-corrected chi connectivity index (χ1v) is 5.00. The van der Waals surface area contributed by atoms with Crippen LogP contribution in [0.25, 0.3) is 0 Å². The van der Waals surface area contributed by atoms with Crippen molar-refractivity contribution in [3.8, 4) is 5.75 Å². The van der Waals surface area contributed by atoms with E-state index in [2.05, 4.69) is 0 Å². The number of methoxy groups -OCH3 is 1. The van der Waals surface area contributed by atoms with E-state index in [9.17, 15) is 9.59 Å². The van der Waals surface area contributed by atoms with Crippen LogP contribution in [0, 0.1) is 0 Å². The molecule has 2 rings (SSSR count). The van der Waals surface area contributed by atoms with Gasteiger partial charge in [-0.3, -0.25) is 4.79 Å². The molecule has 1 aliphatic heterocycles. The van der Waals surface area contributed by atoms with E-state index in [1.54, 1.807) is 12.1 Å². The number of ether oxygens (including phenoxy) is 2. The molecule has 16 heavy (non-hydrogen) atoms. The Kier molecular flexibility index (Phi) is 2.64. The molecule has 1 atom stereocenters. The minimum atomic E-state index is -0.660. The zero-order valence-electron chi connectivity index (χ0n) is 9.15. The second-order valence-electron chi connectivity index (χ2n) is 3.70. The Morgan fingerprint density at radius 3 is 2.88 bits per heavy atom. The molecule has 1 aromatic rings. The van der Waals surface area contributed by atoms with Crippen molar-refractivity contribution in [3.63, 3.8) is 0 Å². The quantitative estimate of drug-likeness (QED) is 0.706. The van der Waals surface area contributed by atoms with Gasteiger partial charge in [-0.25, -0.2) is 4.79 Å². The molecular weight excluding hydrogens is 208 g/mol. The number of hydrogen-bond donors (Lipinski definition) is 0. The molecule has 0 aromatic heterocycles. The maximum absolute atomic E-state index is 11.7. The molecule has 0 bridgehead atoms. The van der Waals surface area contributed by atoms with E-state index < -0.39 is 12.1 Å². The topological polar surface area (TPSA) is 52.6 Å². The molecule has 84 valence electrons. The van der Waals surface area contributed by atoms with E-state index in [0.717, 1.165) is 5.56 Å². The summed E-state index contributed by atoms with van der Waals surface area (Å²) in [5.74, 6) is -0.134. The van der Waals surface area contributed by atoms with Crippen LogP contribution in [0.15, 0.2) is 18.2 Å². The molecule has 0 spiro atoms. The first-order valence-electron chi connectivity index (χ1n) is 5.00. The van der Waals surface area contributed by atoms with Crippen molar-refractivity contribution in [2.24, 2.45) is 0 Å². The highest BCUT2D eigenvalue weighted by Crippen LogP contribution is 2.28. The third-order valence-corrected chi connectivity index (χ3v) is 2.64. The normalized spacial score (nSPS) is 18.6. The lowest BCUT2D eigenvalue weighted by molar-refractivity contribution is -0.125. The first kappa shape index (κ1) is 10.7. The largest absolute Gasteiger partial charge is 0.496 e. The van der Waals surface area contributed by atoms with Crippen LogP contribution in [-0.2, 0) is 16.0 Å². The molecule has 0 N–H and O–H groups in total. The Balaban J connectivity index is 2.45. The SMILES string of the molecule is COc1cccc2c1C(=O)OC(C(C)=O)C2. The summed E-state index contributed by atoms with van der Waals surface area (Å²) in [6.07, 6.45) is -0.236. The van der Waals surface area contributed by atoms with Crippen molar-refractivity contribution < 1.29 is 19.1 Å². The molecule has 1 unspecified atom stereocenters. The summed E-state index contributed by atoms with van der Waals surface area (Å²) in [7, 11) is 1.50. The van der Waals surface area contributed by atoms with Crippen molar-refractivity contribution in [2.75, 3.05) is 7.11 Å². The number of ketones is 1. The van der Waals surface area contributed by atoms with Crippen molar-refractivity contribution >= 4 is 11.8 Å². The van der Waals surface area contributed by atoms with Gasteiger partial charge in [0.25, 0.3) is 0 Å². The van der Waals surface area contributed by atoms with Gasteiger partial charge in [-0.1, -0.05) is 12.1 Å². The summed E-state index contributed by atoms with van der Waals surface area (Å²) in [5.41, 5.74) is 1.23. The predicted octanol–water partition coefficient (Wildman–Crippen LogP) is 1.37. The van der Waals surface area contributed by atoms with Crippen LogP contribution < -0.4 is 4.74 Å². The number of cyclic esters (lactones) is 1. The molecule has 0 saturated heterocycles. The summed E-state index contributed by atoms with van der Waals surface area (Å²) in [4.78, 5) is 22.9. The summed E-state index contributed by atoms with van der Waals surface area (Å²) in [6, 6.07) is 5.32. The number of Topliss-reactive ketones (excluding diaryl/α,β-unsaturated/α-hetero) is 1. The van der Waals surface area contributed by atoms with Crippen molar-refractivity contribution in [1.29, 1.82) is 0 Å². The van der Waals surface area contributed by atoms with Gasteiger partial charge < -0.3 is 9.47 Å². The standard InChI is InChI=1S/C12H12O4/c1-7(13)10-6-8-4-3-5-9(15-2)11(8)12(14)16-10/h3-5,10H,6H2,1-2H3. The van der Waals surface area contributed by atoms with Gasteiger partial charge in [0, 0.05) is 6.42 Å². The number of rotatable bonds is 2. The molecule has 1 heterocycles. The van der Waals surface area contributed by atoms with Gasteiger partial charge in [-0.2, -0.15) is 0 Å². The maximum Gasteiger partial charge on any atom is 0.342 e. The second-order valence-corrected chi connectivity index (χ2v) is 3.70. The molecule has 4 nitrogen and oxygen atoms in total. The third kappa shape index (κ3) is 1.66. The Labute approximate surface area is 93.2 Å². The highest BCUT2D eigenvalue weighted by atomic mass is 16.5. The number of fused-ring (bicyclic) bond motifs is 1. The summed E-state index contributed by atoms with van der Waals surface area (Å²) in [5, 5.41) is 0. The minimum Gasteiger partial charge on any atom is -0.496 e. The lowest BCUT2D eigenvalue weighted by atomic mass is 9.96. The molecule has 0 aliphatic carbocycles. The van der Waals surface area contributed by atoms with Gasteiger partial charge in [0.1, 0.15) is 11.3 Å². The van der Waals surface area contributed by atoms with Gasteiger partial charge in [-0.05, 0) is 18.6 Å². The monoisotopic (exact) mass is 220 g/mol. The van der Waals surface area contributed by atoms with Crippen LogP contribution in [-0.4, -0.2) is 25.0 Å². The zero-order valence-corrected chi connectivity index (χ0v) is 9.15. The summed E-state index contributed by atoms with van der Waals surface area (Å²) in [6.45, 7) is 1.42. The number of carbonyl (C=O) groups excluding carboxylic acids is 2. The number of hydrogen-bond acceptors (Lipinski definition) is 4. The maximum atomic E-state index is 11.7. The molecule has 0 fully saturated rings. The van der Waals surface area contributed by atoms with Crippen molar-refractivity contribution in [2.45, 2.75) is 19.4 Å². The number of benzene rings is 1. The average Bonchev–Trinajstić information content (AvgIpc) is 2.27. The van der Waals surface area contributed by atoms with Crippen LogP contribution in [0.4, 0.5) is 0 Å². The highest BCUT2D eigenvalue weighted by Gasteiger charge is 2.31. The Morgan fingerprint density at radius 2 is 2.25 bits per heavy atom. The molecule has 0 amide bonds. The number of esters is 1. The Bertz CT molecular complexity index is 450. The first-order chi connectivity index (χ1) is 7.63. The highest BCUT2D eigenvalue weighted by molar-refractivity contribution is 5.98. The predicted molar refractivity (Wildman–Crippen MR) is 56.6 cm³/mol. The van der Waals surface area contributed by atoms with Crippen LogP contribution in [0.1, 0.15) is 22.8 Å². The zero-order chi connectivity index (χ0) is 11.7. The van der Waals surface area contributed by atoms with E-state index >= 15 is 0 Å². The van der Waals surface area contributed by atoms with E-state index in [1.165, 1.54) is 14.0 Å². The molecule has 0 radical (unpaired) electrons. The molecular formula is C12H12O4. The van der Waals surface area contributed by atoms with E-state index in [-0.39, 0.29) is 5.78 Å². The smallest absolute Gasteiger partial charge is 0.342 e. The molecule has 1 aliphatic rings. The molecule has 0 saturated carbocycles. The second kappa shape index (κ2) is 3.96. The fourth-order valence-electron chi connectivity index (χ4n) is 1.80. The van der Waals surface area contributed by atoms with Crippen LogP contribution in [0.2, 0.25) is 0 Å². The average molecular weight is 220 g/mol. The van der Waals surface area contributed by atoms with Gasteiger partial charge in [0.15, 0.2) is 11.9 Å². The van der Waals surface area contributed by atoms with Gasteiger partial charge in [-0.15, -0.1) is 0 Å². The van der Waals surface area contributed by atoms with Gasteiger partial charge in [0.2, 0.25) is 0 Å². The Morgan fingerprint density at radius 1 is 1.50 bits per heavy atom. The van der Waals surface area contributed by atoms with Crippen LogP contribution in [0.3, 0.4) is 0 Å².